The molecule has 1 aromatic rings. The van der Waals surface area contributed by atoms with Gasteiger partial charge in [0.1, 0.15) is 6.10 Å². The van der Waals surface area contributed by atoms with Crippen molar-refractivity contribution in [1.29, 1.82) is 0 Å². The molecule has 0 unspecified atom stereocenters. The minimum Gasteiger partial charge on any atom is -0.498 e. The number of rotatable bonds is 2. The minimum atomic E-state index is -0.366. The lowest BCUT2D eigenvalue weighted by atomic mass is 9.91. The van der Waals surface area contributed by atoms with E-state index in [1.165, 1.54) is 5.56 Å². The van der Waals surface area contributed by atoms with E-state index in [9.17, 15) is 5.11 Å². The van der Waals surface area contributed by atoms with Gasteiger partial charge in [-0.2, -0.15) is 0 Å². The van der Waals surface area contributed by atoms with E-state index in [1.54, 1.807) is 12.3 Å². The van der Waals surface area contributed by atoms with E-state index < -0.39 is 0 Å². The van der Waals surface area contributed by atoms with Crippen molar-refractivity contribution in [3.63, 3.8) is 0 Å². The zero-order valence-electron chi connectivity index (χ0n) is 8.84. The van der Waals surface area contributed by atoms with Crippen LogP contribution in [-0.2, 0) is 4.74 Å². The van der Waals surface area contributed by atoms with Gasteiger partial charge in [0.25, 0.3) is 0 Å². The molecule has 1 N–H and O–H groups in total. The van der Waals surface area contributed by atoms with E-state index in [0.29, 0.717) is 12.3 Å². The smallest absolute Gasteiger partial charge is 0.107 e. The van der Waals surface area contributed by atoms with Crippen molar-refractivity contribution in [2.75, 3.05) is 0 Å². The van der Waals surface area contributed by atoms with Gasteiger partial charge in [-0.05, 0) is 11.6 Å². The molecule has 1 aliphatic rings. The summed E-state index contributed by atoms with van der Waals surface area (Å²) >= 11 is 0. The van der Waals surface area contributed by atoms with Gasteiger partial charge in [0.05, 0.1) is 12.4 Å². The highest BCUT2D eigenvalue weighted by molar-refractivity contribution is 5.20. The van der Waals surface area contributed by atoms with Crippen LogP contribution in [-0.4, -0.2) is 17.3 Å². The van der Waals surface area contributed by atoms with E-state index in [1.807, 2.05) is 18.2 Å². The Kier molecular flexibility index (Phi) is 3.07. The summed E-state index contributed by atoms with van der Waals surface area (Å²) in [7, 11) is 0. The maximum absolute atomic E-state index is 9.51. The van der Waals surface area contributed by atoms with Crippen LogP contribution in [0.2, 0.25) is 0 Å². The molecule has 1 aromatic carbocycles. The fourth-order valence-corrected chi connectivity index (χ4v) is 1.90. The Morgan fingerprint density at radius 2 is 2.07 bits per heavy atom. The Bertz CT molecular complexity index is 332. The zero-order valence-corrected chi connectivity index (χ0v) is 8.84. The molecule has 80 valence electrons. The first-order valence-electron chi connectivity index (χ1n) is 5.32. The molecule has 1 aliphatic heterocycles. The molecule has 0 saturated heterocycles. The van der Waals surface area contributed by atoms with Crippen molar-refractivity contribution in [1.82, 2.24) is 0 Å². The number of hydrogen-bond donors (Lipinski definition) is 1. The SMILES string of the molecule is C[C@H](c1ccccc1)[C@@H]1C[C@H](O)C=CO1. The maximum atomic E-state index is 9.51. The van der Waals surface area contributed by atoms with Crippen LogP contribution in [0.4, 0.5) is 0 Å². The summed E-state index contributed by atoms with van der Waals surface area (Å²) < 4.78 is 5.52. The quantitative estimate of drug-likeness (QED) is 0.801. The van der Waals surface area contributed by atoms with E-state index in [-0.39, 0.29) is 12.2 Å². The number of aliphatic hydroxyl groups is 1. The summed E-state index contributed by atoms with van der Waals surface area (Å²) in [5.74, 6) is 0.311. The lowest BCUT2D eigenvalue weighted by Crippen LogP contribution is -2.26. The fraction of sp³-hybridized carbons (Fsp3) is 0.385. The highest BCUT2D eigenvalue weighted by atomic mass is 16.5. The number of aliphatic hydroxyl groups excluding tert-OH is 1. The third kappa shape index (κ3) is 2.39. The van der Waals surface area contributed by atoms with Crippen molar-refractivity contribution in [3.05, 3.63) is 48.2 Å². The van der Waals surface area contributed by atoms with E-state index in [4.69, 9.17) is 4.74 Å². The lowest BCUT2D eigenvalue weighted by molar-refractivity contribution is 0.0502. The molecular formula is C13H16O2. The Hall–Kier alpha value is -1.28. The molecule has 0 spiro atoms. The molecule has 0 fully saturated rings. The zero-order chi connectivity index (χ0) is 10.7. The van der Waals surface area contributed by atoms with Gasteiger partial charge in [0, 0.05) is 12.3 Å². The summed E-state index contributed by atoms with van der Waals surface area (Å²) in [4.78, 5) is 0. The highest BCUT2D eigenvalue weighted by Gasteiger charge is 2.24. The third-order valence-corrected chi connectivity index (χ3v) is 2.91. The van der Waals surface area contributed by atoms with E-state index >= 15 is 0 Å². The topological polar surface area (TPSA) is 29.5 Å². The monoisotopic (exact) mass is 204 g/mol. The van der Waals surface area contributed by atoms with Gasteiger partial charge in [-0.15, -0.1) is 0 Å². The average molecular weight is 204 g/mol. The first-order chi connectivity index (χ1) is 7.27. The third-order valence-electron chi connectivity index (χ3n) is 2.91. The highest BCUT2D eigenvalue weighted by Crippen LogP contribution is 2.26. The second-order valence-electron chi connectivity index (χ2n) is 4.01. The Balaban J connectivity index is 2.08. The molecule has 0 aliphatic carbocycles. The van der Waals surface area contributed by atoms with Crippen LogP contribution in [0.5, 0.6) is 0 Å². The number of ether oxygens (including phenoxy) is 1. The molecule has 0 radical (unpaired) electrons. The predicted molar refractivity (Wildman–Crippen MR) is 59.5 cm³/mol. The second-order valence-corrected chi connectivity index (χ2v) is 4.01. The van der Waals surface area contributed by atoms with Gasteiger partial charge < -0.3 is 9.84 Å². The van der Waals surface area contributed by atoms with Gasteiger partial charge in [-0.3, -0.25) is 0 Å². The second kappa shape index (κ2) is 4.49. The van der Waals surface area contributed by atoms with Crippen molar-refractivity contribution in [2.45, 2.75) is 31.5 Å². The van der Waals surface area contributed by atoms with Crippen LogP contribution >= 0.6 is 0 Å². The van der Waals surface area contributed by atoms with Gasteiger partial charge in [0.2, 0.25) is 0 Å². The summed E-state index contributed by atoms with van der Waals surface area (Å²) in [6.45, 7) is 2.13. The summed E-state index contributed by atoms with van der Waals surface area (Å²) in [5, 5.41) is 9.51. The van der Waals surface area contributed by atoms with Crippen molar-refractivity contribution in [3.8, 4) is 0 Å². The summed E-state index contributed by atoms with van der Waals surface area (Å²) in [6, 6.07) is 10.3. The molecule has 2 rings (SSSR count). The predicted octanol–water partition coefficient (Wildman–Crippen LogP) is 2.45. The molecule has 0 bridgehead atoms. The van der Waals surface area contributed by atoms with Gasteiger partial charge in [-0.1, -0.05) is 37.3 Å². The van der Waals surface area contributed by atoms with Crippen LogP contribution in [0.1, 0.15) is 24.8 Å². The maximum Gasteiger partial charge on any atom is 0.107 e. The fourth-order valence-electron chi connectivity index (χ4n) is 1.90. The standard InChI is InChI=1S/C13H16O2/c1-10(11-5-3-2-4-6-11)13-9-12(14)7-8-15-13/h2-8,10,12-14H,9H2,1H3/t10-,12-,13+/m1/s1. The van der Waals surface area contributed by atoms with E-state index in [2.05, 4.69) is 19.1 Å². The van der Waals surface area contributed by atoms with Crippen molar-refractivity contribution in [2.24, 2.45) is 0 Å². The molecule has 0 aromatic heterocycles. The van der Waals surface area contributed by atoms with Crippen molar-refractivity contribution < 1.29 is 9.84 Å². The van der Waals surface area contributed by atoms with Crippen LogP contribution < -0.4 is 0 Å². The van der Waals surface area contributed by atoms with Crippen LogP contribution in [0.25, 0.3) is 0 Å². The average Bonchev–Trinajstić information content (AvgIpc) is 2.29. The Morgan fingerprint density at radius 3 is 2.73 bits per heavy atom. The number of hydrogen-bond acceptors (Lipinski definition) is 2. The molecule has 1 heterocycles. The molecule has 2 nitrogen and oxygen atoms in total. The minimum absolute atomic E-state index is 0.0763. The van der Waals surface area contributed by atoms with Crippen LogP contribution in [0.3, 0.4) is 0 Å². The normalized spacial score (nSPS) is 27.1. The van der Waals surface area contributed by atoms with Crippen LogP contribution in [0.15, 0.2) is 42.7 Å². The largest absolute Gasteiger partial charge is 0.498 e. The van der Waals surface area contributed by atoms with Gasteiger partial charge in [0.15, 0.2) is 0 Å². The molecule has 0 saturated carbocycles. The first kappa shape index (κ1) is 10.2. The lowest BCUT2D eigenvalue weighted by Gasteiger charge is -2.28. The Labute approximate surface area is 90.2 Å². The number of benzene rings is 1. The summed E-state index contributed by atoms with van der Waals surface area (Å²) in [6.07, 6.45) is 3.68. The molecule has 3 atom stereocenters. The van der Waals surface area contributed by atoms with E-state index in [0.717, 1.165) is 0 Å². The first-order valence-corrected chi connectivity index (χ1v) is 5.32. The van der Waals surface area contributed by atoms with Gasteiger partial charge in [-0.25, -0.2) is 0 Å². The molecule has 0 amide bonds. The van der Waals surface area contributed by atoms with Crippen molar-refractivity contribution >= 4 is 0 Å². The molecule has 15 heavy (non-hydrogen) atoms. The van der Waals surface area contributed by atoms with Crippen LogP contribution in [0, 0.1) is 0 Å². The summed E-state index contributed by atoms with van der Waals surface area (Å²) in [5.41, 5.74) is 1.25. The molecular weight excluding hydrogens is 188 g/mol. The Morgan fingerprint density at radius 1 is 1.33 bits per heavy atom. The van der Waals surface area contributed by atoms with Gasteiger partial charge >= 0.3 is 0 Å². The molecule has 2 heteroatoms.